The summed E-state index contributed by atoms with van der Waals surface area (Å²) in [6.45, 7) is 0. The highest BCUT2D eigenvalue weighted by atomic mass is 16.5. The monoisotopic (exact) mass is 148 g/mol. The zero-order valence-electron chi connectivity index (χ0n) is 6.04. The highest BCUT2D eigenvalue weighted by molar-refractivity contribution is 6.00. The molecule has 0 saturated carbocycles. The number of ketones is 1. The van der Waals surface area contributed by atoms with E-state index in [0.29, 0.717) is 6.42 Å². The molecule has 0 fully saturated rings. The van der Waals surface area contributed by atoms with Crippen LogP contribution in [-0.2, 0) is 9.53 Å². The molecule has 0 spiro atoms. The van der Waals surface area contributed by atoms with E-state index >= 15 is 0 Å². The van der Waals surface area contributed by atoms with Crippen LogP contribution in [0.1, 0.15) is 12.8 Å². The largest absolute Gasteiger partial charge is 0.465 e. The van der Waals surface area contributed by atoms with E-state index in [4.69, 9.17) is 4.74 Å². The predicted octanol–water partition coefficient (Wildman–Crippen LogP) is 1.70. The maximum atomic E-state index is 11.2. The van der Waals surface area contributed by atoms with Crippen LogP contribution >= 0.6 is 0 Å². The van der Waals surface area contributed by atoms with Crippen molar-refractivity contribution in [2.75, 3.05) is 0 Å². The Balaban J connectivity index is 2.43. The van der Waals surface area contributed by atoms with E-state index in [1.165, 1.54) is 0 Å². The van der Waals surface area contributed by atoms with Crippen molar-refractivity contribution >= 4 is 5.78 Å². The second-order valence-corrected chi connectivity index (χ2v) is 2.56. The van der Waals surface area contributed by atoms with Crippen LogP contribution in [0.4, 0.5) is 0 Å². The van der Waals surface area contributed by atoms with Gasteiger partial charge in [-0.15, -0.1) is 0 Å². The van der Waals surface area contributed by atoms with Crippen LogP contribution in [0.5, 0.6) is 0 Å². The molecule has 0 saturated heterocycles. The average molecular weight is 148 g/mol. The summed E-state index contributed by atoms with van der Waals surface area (Å²) in [5, 5.41) is 0. The van der Waals surface area contributed by atoms with E-state index in [2.05, 4.69) is 0 Å². The van der Waals surface area contributed by atoms with Gasteiger partial charge < -0.3 is 4.74 Å². The Bertz CT molecular complexity index is 282. The topological polar surface area (TPSA) is 26.3 Å². The van der Waals surface area contributed by atoms with Crippen molar-refractivity contribution in [3.63, 3.8) is 0 Å². The van der Waals surface area contributed by atoms with Gasteiger partial charge in [0, 0.05) is 6.42 Å². The Labute approximate surface area is 64.9 Å². The smallest absolute Gasteiger partial charge is 0.166 e. The molecule has 1 aliphatic heterocycles. The molecule has 2 aliphatic rings. The second-order valence-electron chi connectivity index (χ2n) is 2.56. The van der Waals surface area contributed by atoms with E-state index < -0.39 is 0 Å². The lowest BCUT2D eigenvalue weighted by Gasteiger charge is -2.16. The molecule has 0 aromatic rings. The standard InChI is InChI=1S/C9H8O2/c10-8-4-1-5-9-7(8)3-2-6-11-9/h2-3,5-6H,1,4H2. The summed E-state index contributed by atoms with van der Waals surface area (Å²) in [6, 6.07) is 0. The van der Waals surface area contributed by atoms with Gasteiger partial charge in [0.2, 0.25) is 0 Å². The number of carbonyl (C=O) groups excluding carboxylic acids is 1. The van der Waals surface area contributed by atoms with Crippen LogP contribution in [-0.4, -0.2) is 5.78 Å². The van der Waals surface area contributed by atoms with E-state index in [1.807, 2.05) is 6.08 Å². The van der Waals surface area contributed by atoms with Gasteiger partial charge in [-0.3, -0.25) is 4.79 Å². The quantitative estimate of drug-likeness (QED) is 0.522. The fraction of sp³-hybridized carbons (Fsp3) is 0.222. The summed E-state index contributed by atoms with van der Waals surface area (Å²) >= 11 is 0. The maximum Gasteiger partial charge on any atom is 0.166 e. The summed E-state index contributed by atoms with van der Waals surface area (Å²) in [4.78, 5) is 11.2. The normalized spacial score (nSPS) is 21.6. The number of hydrogen-bond acceptors (Lipinski definition) is 2. The van der Waals surface area contributed by atoms with Crippen LogP contribution in [0.15, 0.2) is 35.8 Å². The van der Waals surface area contributed by atoms with Gasteiger partial charge in [-0.2, -0.15) is 0 Å². The Kier molecular flexibility index (Phi) is 1.39. The number of fused-ring (bicyclic) bond motifs is 1. The van der Waals surface area contributed by atoms with Crippen molar-refractivity contribution in [1.29, 1.82) is 0 Å². The zero-order valence-corrected chi connectivity index (χ0v) is 6.04. The molecule has 0 atom stereocenters. The van der Waals surface area contributed by atoms with E-state index in [0.717, 1.165) is 17.8 Å². The van der Waals surface area contributed by atoms with Gasteiger partial charge in [0.1, 0.15) is 5.76 Å². The third kappa shape index (κ3) is 1.00. The molecular weight excluding hydrogens is 140 g/mol. The third-order valence-electron chi connectivity index (χ3n) is 1.80. The second kappa shape index (κ2) is 2.38. The van der Waals surface area contributed by atoms with Gasteiger partial charge in [0.15, 0.2) is 5.78 Å². The van der Waals surface area contributed by atoms with Crippen LogP contribution in [0.25, 0.3) is 0 Å². The summed E-state index contributed by atoms with van der Waals surface area (Å²) in [7, 11) is 0. The highest BCUT2D eigenvalue weighted by Gasteiger charge is 2.19. The van der Waals surface area contributed by atoms with E-state index in [1.54, 1.807) is 18.4 Å². The minimum atomic E-state index is 0.187. The number of Topliss-reactive ketones (excluding diaryl/α,β-unsaturated/α-hetero) is 1. The van der Waals surface area contributed by atoms with Crippen molar-refractivity contribution in [2.24, 2.45) is 0 Å². The third-order valence-corrected chi connectivity index (χ3v) is 1.80. The number of allylic oxidation sites excluding steroid dienone is 4. The van der Waals surface area contributed by atoms with Crippen LogP contribution in [0.2, 0.25) is 0 Å². The molecule has 2 nitrogen and oxygen atoms in total. The van der Waals surface area contributed by atoms with Gasteiger partial charge >= 0.3 is 0 Å². The van der Waals surface area contributed by atoms with E-state index in [-0.39, 0.29) is 5.78 Å². The molecule has 0 amide bonds. The molecule has 56 valence electrons. The Morgan fingerprint density at radius 3 is 3.18 bits per heavy atom. The summed E-state index contributed by atoms with van der Waals surface area (Å²) in [5.41, 5.74) is 0.721. The van der Waals surface area contributed by atoms with Crippen molar-refractivity contribution < 1.29 is 9.53 Å². The lowest BCUT2D eigenvalue weighted by Crippen LogP contribution is -2.11. The number of ether oxygens (including phenoxy) is 1. The molecule has 0 radical (unpaired) electrons. The SMILES string of the molecule is O=C1CCC=C2OC=CC=C12. The molecule has 0 aromatic heterocycles. The van der Waals surface area contributed by atoms with Crippen LogP contribution in [0.3, 0.4) is 0 Å². The molecule has 0 N–H and O–H groups in total. The minimum Gasteiger partial charge on any atom is -0.465 e. The molecular formula is C9H8O2. The predicted molar refractivity (Wildman–Crippen MR) is 40.6 cm³/mol. The first-order valence-corrected chi connectivity index (χ1v) is 3.65. The molecule has 2 rings (SSSR count). The van der Waals surface area contributed by atoms with Crippen molar-refractivity contribution in [3.8, 4) is 0 Å². The van der Waals surface area contributed by atoms with Gasteiger partial charge in [-0.05, 0) is 24.6 Å². The van der Waals surface area contributed by atoms with E-state index in [9.17, 15) is 4.79 Å². The molecule has 1 heterocycles. The highest BCUT2D eigenvalue weighted by Crippen LogP contribution is 2.24. The molecule has 0 bridgehead atoms. The minimum absolute atomic E-state index is 0.187. The lowest BCUT2D eigenvalue weighted by molar-refractivity contribution is -0.115. The summed E-state index contributed by atoms with van der Waals surface area (Å²) < 4.78 is 5.14. The fourth-order valence-electron chi connectivity index (χ4n) is 1.25. The van der Waals surface area contributed by atoms with Crippen LogP contribution < -0.4 is 0 Å². The van der Waals surface area contributed by atoms with Gasteiger partial charge in [-0.25, -0.2) is 0 Å². The number of hydrogen-bond donors (Lipinski definition) is 0. The Hall–Kier alpha value is -1.31. The Morgan fingerprint density at radius 1 is 1.45 bits per heavy atom. The first-order chi connectivity index (χ1) is 5.38. The van der Waals surface area contributed by atoms with Gasteiger partial charge in [0.25, 0.3) is 0 Å². The van der Waals surface area contributed by atoms with Crippen molar-refractivity contribution in [1.82, 2.24) is 0 Å². The molecule has 2 heteroatoms. The molecule has 1 aliphatic carbocycles. The van der Waals surface area contributed by atoms with Crippen LogP contribution in [0, 0.1) is 0 Å². The lowest BCUT2D eigenvalue weighted by atomic mass is 9.97. The average Bonchev–Trinajstić information content (AvgIpc) is 2.06. The number of rotatable bonds is 0. The van der Waals surface area contributed by atoms with Crippen molar-refractivity contribution in [2.45, 2.75) is 12.8 Å². The maximum absolute atomic E-state index is 11.2. The Morgan fingerprint density at radius 2 is 2.36 bits per heavy atom. The zero-order chi connectivity index (χ0) is 7.68. The molecule has 0 aromatic carbocycles. The fourth-order valence-corrected chi connectivity index (χ4v) is 1.25. The first kappa shape index (κ1) is 6.40. The van der Waals surface area contributed by atoms with Crippen molar-refractivity contribution in [3.05, 3.63) is 35.8 Å². The first-order valence-electron chi connectivity index (χ1n) is 3.65. The summed E-state index contributed by atoms with van der Waals surface area (Å²) in [5.74, 6) is 0.913. The summed E-state index contributed by atoms with van der Waals surface area (Å²) in [6.07, 6.45) is 8.52. The molecule has 11 heavy (non-hydrogen) atoms. The molecule has 0 unspecified atom stereocenters. The van der Waals surface area contributed by atoms with Gasteiger partial charge in [0.05, 0.1) is 11.8 Å². The van der Waals surface area contributed by atoms with Gasteiger partial charge in [-0.1, -0.05) is 0 Å². The number of carbonyl (C=O) groups is 1.